The highest BCUT2D eigenvalue weighted by Gasteiger charge is 2.06. The Morgan fingerprint density at radius 1 is 1.47 bits per heavy atom. The SMILES string of the molecule is COC(=O)c1ccc(C=CCC(=O)O)c(Br)c1. The van der Waals surface area contributed by atoms with Crippen molar-refractivity contribution in [1.82, 2.24) is 0 Å². The number of carboxylic acids is 1. The van der Waals surface area contributed by atoms with Gasteiger partial charge in [0.05, 0.1) is 19.1 Å². The number of hydrogen-bond acceptors (Lipinski definition) is 3. The molecule has 0 aromatic heterocycles. The number of carbonyl (C=O) groups excluding carboxylic acids is 1. The second-order valence-corrected chi connectivity index (χ2v) is 4.08. The molecule has 0 saturated heterocycles. The molecule has 0 aliphatic rings. The van der Waals surface area contributed by atoms with E-state index >= 15 is 0 Å². The highest BCUT2D eigenvalue weighted by Crippen LogP contribution is 2.20. The molecule has 90 valence electrons. The largest absolute Gasteiger partial charge is 0.481 e. The summed E-state index contributed by atoms with van der Waals surface area (Å²) in [5, 5.41) is 8.49. The van der Waals surface area contributed by atoms with Crippen LogP contribution in [0, 0.1) is 0 Å². The molecule has 0 saturated carbocycles. The lowest BCUT2D eigenvalue weighted by Crippen LogP contribution is -2.00. The van der Waals surface area contributed by atoms with Gasteiger partial charge in [-0.15, -0.1) is 0 Å². The predicted molar refractivity (Wildman–Crippen MR) is 66.8 cm³/mol. The van der Waals surface area contributed by atoms with Gasteiger partial charge in [0.15, 0.2) is 0 Å². The van der Waals surface area contributed by atoms with E-state index in [4.69, 9.17) is 5.11 Å². The van der Waals surface area contributed by atoms with Crippen LogP contribution in [0.4, 0.5) is 0 Å². The van der Waals surface area contributed by atoms with Crippen molar-refractivity contribution < 1.29 is 19.4 Å². The fraction of sp³-hybridized carbons (Fsp3) is 0.167. The molecule has 1 aromatic rings. The number of halogens is 1. The van der Waals surface area contributed by atoms with Gasteiger partial charge in [-0.2, -0.15) is 0 Å². The molecule has 0 spiro atoms. The molecule has 0 atom stereocenters. The van der Waals surface area contributed by atoms with E-state index in [1.165, 1.54) is 7.11 Å². The van der Waals surface area contributed by atoms with Crippen molar-refractivity contribution in [2.75, 3.05) is 7.11 Å². The summed E-state index contributed by atoms with van der Waals surface area (Å²) >= 11 is 3.31. The maximum Gasteiger partial charge on any atom is 0.337 e. The average Bonchev–Trinajstić information content (AvgIpc) is 2.29. The summed E-state index contributed by atoms with van der Waals surface area (Å²) in [6.45, 7) is 0. The summed E-state index contributed by atoms with van der Waals surface area (Å²) in [6, 6.07) is 4.97. The fourth-order valence-electron chi connectivity index (χ4n) is 1.19. The van der Waals surface area contributed by atoms with Crippen LogP contribution in [-0.2, 0) is 9.53 Å². The molecule has 0 amide bonds. The van der Waals surface area contributed by atoms with Gasteiger partial charge < -0.3 is 9.84 Å². The first-order chi connectivity index (χ1) is 8.04. The minimum absolute atomic E-state index is 0.0365. The van der Waals surface area contributed by atoms with Crippen LogP contribution in [0.25, 0.3) is 6.08 Å². The lowest BCUT2D eigenvalue weighted by atomic mass is 10.1. The molecule has 4 nitrogen and oxygen atoms in total. The molecule has 1 rings (SSSR count). The van der Waals surface area contributed by atoms with Crippen molar-refractivity contribution in [3.8, 4) is 0 Å². The Labute approximate surface area is 107 Å². The summed E-state index contributed by atoms with van der Waals surface area (Å²) < 4.78 is 5.30. The predicted octanol–water partition coefficient (Wildman–Crippen LogP) is 2.72. The van der Waals surface area contributed by atoms with Gasteiger partial charge in [-0.3, -0.25) is 4.79 Å². The summed E-state index contributed by atoms with van der Waals surface area (Å²) in [4.78, 5) is 21.6. The third-order valence-electron chi connectivity index (χ3n) is 2.01. The Hall–Kier alpha value is -1.62. The zero-order valence-electron chi connectivity index (χ0n) is 9.14. The number of benzene rings is 1. The molecular weight excluding hydrogens is 288 g/mol. The number of carboxylic acid groups (broad SMARTS) is 1. The second-order valence-electron chi connectivity index (χ2n) is 3.23. The summed E-state index contributed by atoms with van der Waals surface area (Å²) in [5.41, 5.74) is 1.24. The van der Waals surface area contributed by atoms with Crippen molar-refractivity contribution in [3.05, 3.63) is 39.9 Å². The van der Waals surface area contributed by atoms with Gasteiger partial charge in [0.2, 0.25) is 0 Å². The first-order valence-electron chi connectivity index (χ1n) is 4.81. The van der Waals surface area contributed by atoms with Crippen LogP contribution >= 0.6 is 15.9 Å². The number of carbonyl (C=O) groups is 2. The van der Waals surface area contributed by atoms with E-state index in [1.54, 1.807) is 30.4 Å². The van der Waals surface area contributed by atoms with E-state index < -0.39 is 11.9 Å². The Morgan fingerprint density at radius 2 is 2.18 bits per heavy atom. The van der Waals surface area contributed by atoms with Crippen LogP contribution in [0.2, 0.25) is 0 Å². The number of rotatable bonds is 4. The van der Waals surface area contributed by atoms with E-state index in [-0.39, 0.29) is 6.42 Å². The van der Waals surface area contributed by atoms with Crippen molar-refractivity contribution in [3.63, 3.8) is 0 Å². The number of hydrogen-bond donors (Lipinski definition) is 1. The normalized spacial score (nSPS) is 10.5. The minimum Gasteiger partial charge on any atom is -0.481 e. The summed E-state index contributed by atoms with van der Waals surface area (Å²) in [6.07, 6.45) is 3.19. The fourth-order valence-corrected chi connectivity index (χ4v) is 1.70. The Morgan fingerprint density at radius 3 is 2.71 bits per heavy atom. The van der Waals surface area contributed by atoms with Crippen molar-refractivity contribution in [2.24, 2.45) is 0 Å². The first kappa shape index (κ1) is 13.4. The molecule has 0 radical (unpaired) electrons. The monoisotopic (exact) mass is 298 g/mol. The third kappa shape index (κ3) is 4.03. The number of methoxy groups -OCH3 is 1. The molecule has 0 bridgehead atoms. The smallest absolute Gasteiger partial charge is 0.337 e. The molecule has 0 heterocycles. The van der Waals surface area contributed by atoms with Gasteiger partial charge in [0.25, 0.3) is 0 Å². The first-order valence-corrected chi connectivity index (χ1v) is 5.60. The highest BCUT2D eigenvalue weighted by molar-refractivity contribution is 9.10. The zero-order chi connectivity index (χ0) is 12.8. The van der Waals surface area contributed by atoms with Gasteiger partial charge in [-0.05, 0) is 17.7 Å². The third-order valence-corrected chi connectivity index (χ3v) is 2.70. The quantitative estimate of drug-likeness (QED) is 0.868. The van der Waals surface area contributed by atoms with E-state index in [1.807, 2.05) is 0 Å². The molecular formula is C12H11BrO4. The van der Waals surface area contributed by atoms with Crippen LogP contribution in [0.1, 0.15) is 22.3 Å². The second kappa shape index (κ2) is 6.20. The van der Waals surface area contributed by atoms with Gasteiger partial charge in [0.1, 0.15) is 0 Å². The lowest BCUT2D eigenvalue weighted by molar-refractivity contribution is -0.135. The lowest BCUT2D eigenvalue weighted by Gasteiger charge is -2.02. The van der Waals surface area contributed by atoms with Crippen LogP contribution in [0.3, 0.4) is 0 Å². The maximum atomic E-state index is 11.2. The Bertz CT molecular complexity index is 466. The molecule has 17 heavy (non-hydrogen) atoms. The van der Waals surface area contributed by atoms with Gasteiger partial charge in [0, 0.05) is 4.47 Å². The van der Waals surface area contributed by atoms with Crippen LogP contribution < -0.4 is 0 Å². The van der Waals surface area contributed by atoms with E-state index in [0.717, 1.165) is 5.56 Å². The van der Waals surface area contributed by atoms with E-state index in [0.29, 0.717) is 10.0 Å². The zero-order valence-corrected chi connectivity index (χ0v) is 10.7. The van der Waals surface area contributed by atoms with Gasteiger partial charge in [-0.25, -0.2) is 4.79 Å². The molecule has 0 fully saturated rings. The van der Waals surface area contributed by atoms with E-state index in [2.05, 4.69) is 20.7 Å². The summed E-state index contributed by atoms with van der Waals surface area (Å²) in [7, 11) is 1.32. The van der Waals surface area contributed by atoms with Gasteiger partial charge >= 0.3 is 11.9 Å². The molecule has 5 heteroatoms. The molecule has 1 N–H and O–H groups in total. The standard InChI is InChI=1S/C12H11BrO4/c1-17-12(16)9-6-5-8(10(13)7-9)3-2-4-11(14)15/h2-3,5-7H,4H2,1H3,(H,14,15). The van der Waals surface area contributed by atoms with Gasteiger partial charge in [-0.1, -0.05) is 34.1 Å². The number of ether oxygens (including phenoxy) is 1. The average molecular weight is 299 g/mol. The minimum atomic E-state index is -0.886. The van der Waals surface area contributed by atoms with Crippen molar-refractivity contribution >= 4 is 33.9 Å². The maximum absolute atomic E-state index is 11.2. The highest BCUT2D eigenvalue weighted by atomic mass is 79.9. The molecule has 1 aromatic carbocycles. The van der Waals surface area contributed by atoms with Crippen molar-refractivity contribution in [2.45, 2.75) is 6.42 Å². The topological polar surface area (TPSA) is 63.6 Å². The number of esters is 1. The number of aliphatic carboxylic acids is 1. The Kier molecular flexibility index (Phi) is 4.90. The molecule has 0 aliphatic heterocycles. The Balaban J connectivity index is 2.86. The van der Waals surface area contributed by atoms with Crippen LogP contribution in [0.5, 0.6) is 0 Å². The van der Waals surface area contributed by atoms with Crippen LogP contribution in [-0.4, -0.2) is 24.2 Å². The van der Waals surface area contributed by atoms with Crippen molar-refractivity contribution in [1.29, 1.82) is 0 Å². The van der Waals surface area contributed by atoms with Crippen LogP contribution in [0.15, 0.2) is 28.7 Å². The molecule has 0 unspecified atom stereocenters. The summed E-state index contributed by atoms with van der Waals surface area (Å²) in [5.74, 6) is -1.30. The molecule has 0 aliphatic carbocycles. The van der Waals surface area contributed by atoms with E-state index in [9.17, 15) is 9.59 Å².